The Morgan fingerprint density at radius 3 is 1.44 bits per heavy atom. The lowest BCUT2D eigenvalue weighted by molar-refractivity contribution is -0.870. The summed E-state index contributed by atoms with van der Waals surface area (Å²) < 4.78 is 22.7. The van der Waals surface area contributed by atoms with E-state index in [9.17, 15) is 19.5 Å². The first-order valence-corrected chi connectivity index (χ1v) is 23.1. The predicted molar refractivity (Wildman–Crippen MR) is 244 cm³/mol. The Hall–Kier alpha value is -3.27. The number of nitrogens with zero attached hydrogens (tertiary/aromatic N) is 1. The molecule has 0 fully saturated rings. The molecule has 0 rings (SSSR count). The fourth-order valence-electron chi connectivity index (χ4n) is 5.86. The van der Waals surface area contributed by atoms with Crippen LogP contribution in [0.3, 0.4) is 0 Å². The van der Waals surface area contributed by atoms with Crippen molar-refractivity contribution in [1.82, 2.24) is 0 Å². The van der Waals surface area contributed by atoms with Gasteiger partial charge in [-0.05, 0) is 77.0 Å². The monoisotopic (exact) mass is 829 g/mol. The van der Waals surface area contributed by atoms with E-state index >= 15 is 0 Å². The van der Waals surface area contributed by atoms with Gasteiger partial charge in [-0.15, -0.1) is 0 Å². The van der Waals surface area contributed by atoms with E-state index in [1.807, 2.05) is 21.1 Å². The molecule has 0 saturated carbocycles. The molecule has 0 spiro atoms. The summed E-state index contributed by atoms with van der Waals surface area (Å²) in [5, 5.41) is 9.64. The van der Waals surface area contributed by atoms with Crippen molar-refractivity contribution in [2.24, 2.45) is 0 Å². The minimum absolute atomic E-state index is 0.180. The van der Waals surface area contributed by atoms with Crippen molar-refractivity contribution in [2.45, 2.75) is 180 Å². The molecule has 0 radical (unpaired) electrons. The Kier molecular flexibility index (Phi) is 39.2. The van der Waals surface area contributed by atoms with Gasteiger partial charge in [0, 0.05) is 12.8 Å². The molecule has 338 valence electrons. The fourth-order valence-corrected chi connectivity index (χ4v) is 5.86. The number of hydrogen-bond donors (Lipinski definition) is 1. The van der Waals surface area contributed by atoms with Crippen LogP contribution in [0.4, 0.5) is 0 Å². The number of carbonyl (C=O) groups excluding carboxylic acids is 2. The first-order chi connectivity index (χ1) is 28.6. The zero-order chi connectivity index (χ0) is 43.5. The first-order valence-electron chi connectivity index (χ1n) is 23.1. The number of carboxylic acids is 1. The van der Waals surface area contributed by atoms with E-state index in [0.29, 0.717) is 17.4 Å². The molecule has 0 aliphatic heterocycles. The maximum Gasteiger partial charge on any atom is 0.361 e. The Morgan fingerprint density at radius 2 is 0.966 bits per heavy atom. The van der Waals surface area contributed by atoms with E-state index in [0.717, 1.165) is 103 Å². The molecule has 0 aliphatic carbocycles. The molecular weight excluding hydrogens is 743 g/mol. The van der Waals surface area contributed by atoms with E-state index < -0.39 is 24.3 Å². The number of unbranched alkanes of at least 4 members (excludes halogenated alkanes) is 14. The highest BCUT2D eigenvalue weighted by Crippen LogP contribution is 2.13. The second-order valence-corrected chi connectivity index (χ2v) is 16.3. The quantitative estimate of drug-likeness (QED) is 0.0213. The van der Waals surface area contributed by atoms with Crippen molar-refractivity contribution in [3.63, 3.8) is 0 Å². The fraction of sp³-hybridized carbons (Fsp3) is 0.700. The number of carbonyl (C=O) groups is 3. The molecule has 59 heavy (non-hydrogen) atoms. The molecule has 1 N–H and O–H groups in total. The standard InChI is InChI=1S/C50H85NO8/c1-6-8-10-12-14-16-18-20-21-22-23-24-25-26-27-29-31-33-35-37-39-41-48(53)59-46(45-58-50(49(54)55)56-43-42-51(3,4)5)44-57-47(52)40-38-36-34-32-30-28-19-17-15-13-11-9-7-2/h8,10-11,13-14,16-17,19-21,23-24,46,50H,6-7,9,12,15,18,22,25-45H2,1-5H3/p+1/b10-8-,13-11-,16-14-,19-17-,21-20-,24-23-. The van der Waals surface area contributed by atoms with Gasteiger partial charge in [0.2, 0.25) is 0 Å². The van der Waals surface area contributed by atoms with Gasteiger partial charge in [-0.1, -0.05) is 151 Å². The zero-order valence-electron chi connectivity index (χ0n) is 38.1. The van der Waals surface area contributed by atoms with Gasteiger partial charge in [-0.2, -0.15) is 0 Å². The zero-order valence-corrected chi connectivity index (χ0v) is 38.1. The Labute approximate surface area is 360 Å². The molecule has 9 heteroatoms. The van der Waals surface area contributed by atoms with Gasteiger partial charge in [-0.25, -0.2) is 4.79 Å². The summed E-state index contributed by atoms with van der Waals surface area (Å²) in [6.45, 7) is 4.65. The van der Waals surface area contributed by atoms with E-state index in [4.69, 9.17) is 18.9 Å². The number of hydrogen-bond acceptors (Lipinski definition) is 7. The molecular formula is C50H86NO8+. The van der Waals surface area contributed by atoms with Gasteiger partial charge in [-0.3, -0.25) is 9.59 Å². The van der Waals surface area contributed by atoms with Gasteiger partial charge in [0.15, 0.2) is 6.10 Å². The minimum Gasteiger partial charge on any atom is -0.477 e. The molecule has 0 aromatic carbocycles. The predicted octanol–water partition coefficient (Wildman–Crippen LogP) is 12.3. The van der Waals surface area contributed by atoms with E-state index in [1.165, 1.54) is 32.1 Å². The molecule has 0 aromatic rings. The molecule has 0 heterocycles. The van der Waals surface area contributed by atoms with Crippen LogP contribution in [0, 0.1) is 0 Å². The van der Waals surface area contributed by atoms with Crippen LogP contribution in [0.2, 0.25) is 0 Å². The largest absolute Gasteiger partial charge is 0.477 e. The average Bonchev–Trinajstić information content (AvgIpc) is 3.19. The van der Waals surface area contributed by atoms with Gasteiger partial charge in [0.05, 0.1) is 34.4 Å². The van der Waals surface area contributed by atoms with E-state index in [1.54, 1.807) is 0 Å². The second-order valence-electron chi connectivity index (χ2n) is 16.3. The van der Waals surface area contributed by atoms with Gasteiger partial charge >= 0.3 is 17.9 Å². The smallest absolute Gasteiger partial charge is 0.361 e. The summed E-state index contributed by atoms with van der Waals surface area (Å²) in [5.74, 6) is -2.05. The number of likely N-dealkylation sites (N-methyl/N-ethyl adjacent to an activating group) is 1. The number of ether oxygens (including phenoxy) is 4. The highest BCUT2D eigenvalue weighted by Gasteiger charge is 2.25. The molecule has 0 amide bonds. The van der Waals surface area contributed by atoms with Crippen molar-refractivity contribution >= 4 is 17.9 Å². The number of quaternary nitrogens is 1. The molecule has 2 unspecified atom stereocenters. The number of esters is 2. The van der Waals surface area contributed by atoms with Crippen LogP contribution >= 0.6 is 0 Å². The van der Waals surface area contributed by atoms with Gasteiger partial charge in [0.25, 0.3) is 6.29 Å². The topological polar surface area (TPSA) is 108 Å². The molecule has 9 nitrogen and oxygen atoms in total. The van der Waals surface area contributed by atoms with Crippen molar-refractivity contribution in [2.75, 3.05) is 47.5 Å². The number of rotatable bonds is 41. The summed E-state index contributed by atoms with van der Waals surface area (Å²) in [7, 11) is 5.94. The lowest BCUT2D eigenvalue weighted by Gasteiger charge is -2.25. The second kappa shape index (κ2) is 41.5. The summed E-state index contributed by atoms with van der Waals surface area (Å²) >= 11 is 0. The Balaban J connectivity index is 4.43. The van der Waals surface area contributed by atoms with Crippen LogP contribution in [0.1, 0.15) is 168 Å². The average molecular weight is 829 g/mol. The van der Waals surface area contributed by atoms with E-state index in [-0.39, 0.29) is 38.6 Å². The maximum absolute atomic E-state index is 12.8. The number of allylic oxidation sites excluding steroid dienone is 12. The van der Waals surface area contributed by atoms with Crippen molar-refractivity contribution in [1.29, 1.82) is 0 Å². The normalized spacial score (nSPS) is 13.6. The highest BCUT2D eigenvalue weighted by atomic mass is 16.7. The molecule has 0 bridgehead atoms. The van der Waals surface area contributed by atoms with Crippen LogP contribution in [-0.4, -0.2) is 87.4 Å². The lowest BCUT2D eigenvalue weighted by Crippen LogP contribution is -2.40. The molecule has 0 aliphatic rings. The third kappa shape index (κ3) is 42.7. The molecule has 0 saturated heterocycles. The van der Waals surface area contributed by atoms with Crippen molar-refractivity contribution in [3.8, 4) is 0 Å². The van der Waals surface area contributed by atoms with Gasteiger partial charge in [0.1, 0.15) is 13.2 Å². The first kappa shape index (κ1) is 55.7. The van der Waals surface area contributed by atoms with Crippen LogP contribution in [0.25, 0.3) is 0 Å². The van der Waals surface area contributed by atoms with Gasteiger partial charge < -0.3 is 28.5 Å². The Morgan fingerprint density at radius 1 is 0.525 bits per heavy atom. The van der Waals surface area contributed by atoms with Crippen LogP contribution < -0.4 is 0 Å². The summed E-state index contributed by atoms with van der Waals surface area (Å²) in [6.07, 6.45) is 48.1. The van der Waals surface area contributed by atoms with Crippen molar-refractivity contribution in [3.05, 3.63) is 72.9 Å². The summed E-state index contributed by atoms with van der Waals surface area (Å²) in [6, 6.07) is 0. The van der Waals surface area contributed by atoms with Crippen molar-refractivity contribution < 1.29 is 42.9 Å². The van der Waals surface area contributed by atoms with Crippen LogP contribution in [0.15, 0.2) is 72.9 Å². The highest BCUT2D eigenvalue weighted by molar-refractivity contribution is 5.71. The minimum atomic E-state index is -1.52. The molecule has 0 aromatic heterocycles. The van der Waals surface area contributed by atoms with Crippen LogP contribution in [0.5, 0.6) is 0 Å². The number of carboxylic acid groups (broad SMARTS) is 1. The van der Waals surface area contributed by atoms with Crippen LogP contribution in [-0.2, 0) is 33.3 Å². The molecule has 2 atom stereocenters. The third-order valence-corrected chi connectivity index (χ3v) is 9.43. The maximum atomic E-state index is 12.8. The SMILES string of the molecule is CC/C=C\C/C=C\C/C=C\C/C=C\CCCCCCCCCCC(=O)OC(COC(=O)CCCCCCC/C=C\C/C=C\CCC)COC(OCC[N+](C)(C)C)C(=O)O. The number of aliphatic carboxylic acids is 1. The summed E-state index contributed by atoms with van der Waals surface area (Å²) in [5.41, 5.74) is 0. The lowest BCUT2D eigenvalue weighted by atomic mass is 10.1. The van der Waals surface area contributed by atoms with E-state index in [2.05, 4.69) is 86.8 Å². The third-order valence-electron chi connectivity index (χ3n) is 9.43. The Bertz CT molecular complexity index is 1200. The summed E-state index contributed by atoms with van der Waals surface area (Å²) in [4.78, 5) is 37.1.